The first-order valence-corrected chi connectivity index (χ1v) is 6.44. The molecule has 1 saturated carbocycles. The fourth-order valence-electron chi connectivity index (χ4n) is 2.43. The van der Waals surface area contributed by atoms with Crippen molar-refractivity contribution in [3.05, 3.63) is 12.1 Å². The number of methoxy groups -OCH3 is 1. The number of hydrogen-bond donors (Lipinski definition) is 1. The van der Waals surface area contributed by atoms with Gasteiger partial charge in [-0.15, -0.1) is 0 Å². The van der Waals surface area contributed by atoms with E-state index in [2.05, 4.69) is 9.97 Å². The van der Waals surface area contributed by atoms with Crippen LogP contribution in [-0.2, 0) is 6.54 Å². The van der Waals surface area contributed by atoms with Crippen LogP contribution in [0.4, 0.5) is 5.95 Å². The number of rotatable bonds is 4. The lowest BCUT2D eigenvalue weighted by Gasteiger charge is -2.25. The smallest absolute Gasteiger partial charge is 0.215 e. The van der Waals surface area contributed by atoms with E-state index in [4.69, 9.17) is 10.5 Å². The van der Waals surface area contributed by atoms with Gasteiger partial charge in [0.1, 0.15) is 5.52 Å². The van der Waals surface area contributed by atoms with Gasteiger partial charge in [-0.1, -0.05) is 19.3 Å². The number of nitrogens with zero attached hydrogens (tertiary/aromatic N) is 3. The van der Waals surface area contributed by atoms with Crippen molar-refractivity contribution < 1.29 is 4.74 Å². The summed E-state index contributed by atoms with van der Waals surface area (Å²) < 4.78 is 7.15. The molecule has 5 heteroatoms. The first kappa shape index (κ1) is 11.3. The molecule has 2 aromatic rings. The Kier molecular flexibility index (Phi) is 2.81. The number of ether oxygens (including phenoxy) is 1. The minimum Gasteiger partial charge on any atom is -0.481 e. The lowest BCUT2D eigenvalue weighted by atomic mass is 9.83. The quantitative estimate of drug-likeness (QED) is 0.898. The number of nitrogen functional groups attached to an aromatic ring is 1. The third-order valence-electron chi connectivity index (χ3n) is 3.79. The molecule has 0 saturated heterocycles. The number of imidazole rings is 1. The van der Waals surface area contributed by atoms with Crippen LogP contribution in [0.15, 0.2) is 12.1 Å². The summed E-state index contributed by atoms with van der Waals surface area (Å²) in [5.41, 5.74) is 7.62. The van der Waals surface area contributed by atoms with Crippen LogP contribution < -0.4 is 10.5 Å². The average molecular weight is 246 g/mol. The van der Waals surface area contributed by atoms with Gasteiger partial charge in [0.2, 0.25) is 11.8 Å². The molecule has 1 fully saturated rings. The average Bonchev–Trinajstić information content (AvgIpc) is 2.63. The van der Waals surface area contributed by atoms with E-state index in [0.717, 1.165) is 30.0 Å². The maximum atomic E-state index is 5.96. The van der Waals surface area contributed by atoms with Gasteiger partial charge < -0.3 is 10.5 Å². The van der Waals surface area contributed by atoms with Gasteiger partial charge in [0.25, 0.3) is 0 Å². The Balaban J connectivity index is 1.90. The molecule has 1 aliphatic rings. The van der Waals surface area contributed by atoms with E-state index < -0.39 is 0 Å². The second-order valence-corrected chi connectivity index (χ2v) is 4.90. The van der Waals surface area contributed by atoms with E-state index >= 15 is 0 Å². The zero-order chi connectivity index (χ0) is 12.5. The molecule has 0 aromatic carbocycles. The topological polar surface area (TPSA) is 66.0 Å². The third-order valence-corrected chi connectivity index (χ3v) is 3.79. The van der Waals surface area contributed by atoms with Gasteiger partial charge in [0, 0.05) is 12.6 Å². The summed E-state index contributed by atoms with van der Waals surface area (Å²) in [6.45, 7) is 0.896. The van der Waals surface area contributed by atoms with Crippen molar-refractivity contribution in [2.45, 2.75) is 32.2 Å². The summed E-state index contributed by atoms with van der Waals surface area (Å²) in [5, 5.41) is 0. The highest BCUT2D eigenvalue weighted by atomic mass is 16.5. The Labute approximate surface area is 106 Å². The van der Waals surface area contributed by atoms with Gasteiger partial charge in [-0.25, -0.2) is 4.98 Å². The van der Waals surface area contributed by atoms with Crippen molar-refractivity contribution in [2.24, 2.45) is 5.92 Å². The van der Waals surface area contributed by atoms with Gasteiger partial charge in [-0.3, -0.25) is 4.57 Å². The molecule has 0 aliphatic heterocycles. The largest absolute Gasteiger partial charge is 0.481 e. The van der Waals surface area contributed by atoms with Crippen LogP contribution in [0.2, 0.25) is 0 Å². The van der Waals surface area contributed by atoms with E-state index in [9.17, 15) is 0 Å². The number of nitrogens with two attached hydrogens (primary N) is 1. The summed E-state index contributed by atoms with van der Waals surface area (Å²) in [4.78, 5) is 8.77. The van der Waals surface area contributed by atoms with Gasteiger partial charge in [-0.05, 0) is 18.4 Å². The Morgan fingerprint density at radius 2 is 2.22 bits per heavy atom. The summed E-state index contributed by atoms with van der Waals surface area (Å²) >= 11 is 0. The zero-order valence-corrected chi connectivity index (χ0v) is 10.6. The standard InChI is InChI=1S/C13H18N4O/c1-18-11-6-5-10-12(16-11)17(13(14)15-10)8-7-9-3-2-4-9/h5-6,9H,2-4,7-8H2,1H3,(H2,14,15). The second kappa shape index (κ2) is 4.48. The van der Waals surface area contributed by atoms with Crippen molar-refractivity contribution in [1.82, 2.24) is 14.5 Å². The number of hydrogen-bond acceptors (Lipinski definition) is 4. The van der Waals surface area contributed by atoms with E-state index in [1.807, 2.05) is 16.7 Å². The lowest BCUT2D eigenvalue weighted by Crippen LogP contribution is -2.15. The van der Waals surface area contributed by atoms with Gasteiger partial charge in [0.05, 0.1) is 7.11 Å². The molecule has 1 aliphatic carbocycles. The minimum absolute atomic E-state index is 0.546. The molecule has 0 atom stereocenters. The lowest BCUT2D eigenvalue weighted by molar-refractivity contribution is 0.284. The van der Waals surface area contributed by atoms with Crippen LogP contribution >= 0.6 is 0 Å². The first-order chi connectivity index (χ1) is 8.78. The Hall–Kier alpha value is -1.78. The highest BCUT2D eigenvalue weighted by Crippen LogP contribution is 2.30. The van der Waals surface area contributed by atoms with Crippen LogP contribution in [0.3, 0.4) is 0 Å². The molecule has 18 heavy (non-hydrogen) atoms. The molecule has 0 unspecified atom stereocenters. The van der Waals surface area contributed by atoms with Gasteiger partial charge >= 0.3 is 0 Å². The van der Waals surface area contributed by atoms with E-state index in [1.54, 1.807) is 7.11 Å². The predicted molar refractivity (Wildman–Crippen MR) is 70.5 cm³/mol. The van der Waals surface area contributed by atoms with Crippen molar-refractivity contribution in [2.75, 3.05) is 12.8 Å². The summed E-state index contributed by atoms with van der Waals surface area (Å²) in [5.74, 6) is 2.00. The third kappa shape index (κ3) is 1.89. The maximum Gasteiger partial charge on any atom is 0.215 e. The molecular formula is C13H18N4O. The van der Waals surface area contributed by atoms with E-state index in [1.165, 1.54) is 19.3 Å². The molecule has 5 nitrogen and oxygen atoms in total. The van der Waals surface area contributed by atoms with Gasteiger partial charge in [-0.2, -0.15) is 4.98 Å². The summed E-state index contributed by atoms with van der Waals surface area (Å²) in [6.07, 6.45) is 5.23. The van der Waals surface area contributed by atoms with Crippen LogP contribution in [0.5, 0.6) is 5.88 Å². The minimum atomic E-state index is 0.546. The molecule has 96 valence electrons. The Morgan fingerprint density at radius 1 is 1.39 bits per heavy atom. The van der Waals surface area contributed by atoms with Crippen LogP contribution in [0.25, 0.3) is 11.2 Å². The van der Waals surface area contributed by atoms with Crippen molar-refractivity contribution in [3.63, 3.8) is 0 Å². The Morgan fingerprint density at radius 3 is 2.89 bits per heavy atom. The fourth-order valence-corrected chi connectivity index (χ4v) is 2.43. The molecule has 3 rings (SSSR count). The van der Waals surface area contributed by atoms with E-state index in [0.29, 0.717) is 11.8 Å². The van der Waals surface area contributed by atoms with Crippen molar-refractivity contribution >= 4 is 17.1 Å². The Bertz CT molecular complexity index is 559. The normalized spacial score (nSPS) is 15.8. The molecule has 0 radical (unpaired) electrons. The number of pyridine rings is 1. The second-order valence-electron chi connectivity index (χ2n) is 4.90. The molecule has 2 heterocycles. The van der Waals surface area contributed by atoms with Gasteiger partial charge in [0.15, 0.2) is 5.65 Å². The highest BCUT2D eigenvalue weighted by molar-refractivity contribution is 5.74. The number of anilines is 1. The highest BCUT2D eigenvalue weighted by Gasteiger charge is 2.18. The SMILES string of the molecule is COc1ccc2nc(N)n(CCC3CCC3)c2n1. The van der Waals surface area contributed by atoms with Crippen molar-refractivity contribution in [1.29, 1.82) is 0 Å². The van der Waals surface area contributed by atoms with Crippen LogP contribution in [0.1, 0.15) is 25.7 Å². The number of aromatic nitrogens is 3. The van der Waals surface area contributed by atoms with Crippen LogP contribution in [0, 0.1) is 5.92 Å². The zero-order valence-electron chi connectivity index (χ0n) is 10.6. The molecular weight excluding hydrogens is 228 g/mol. The summed E-state index contributed by atoms with van der Waals surface area (Å²) in [7, 11) is 1.62. The molecule has 2 N–H and O–H groups in total. The van der Waals surface area contributed by atoms with E-state index in [-0.39, 0.29) is 0 Å². The molecule has 0 spiro atoms. The number of aryl methyl sites for hydroxylation is 1. The van der Waals surface area contributed by atoms with Crippen molar-refractivity contribution in [3.8, 4) is 5.88 Å². The summed E-state index contributed by atoms with van der Waals surface area (Å²) in [6, 6.07) is 3.71. The number of fused-ring (bicyclic) bond motifs is 1. The predicted octanol–water partition coefficient (Wildman–Crippen LogP) is 2.21. The molecule has 2 aromatic heterocycles. The monoisotopic (exact) mass is 246 g/mol. The van der Waals surface area contributed by atoms with Crippen LogP contribution in [-0.4, -0.2) is 21.6 Å². The molecule has 0 bridgehead atoms. The first-order valence-electron chi connectivity index (χ1n) is 6.44. The molecule has 0 amide bonds. The fraction of sp³-hybridized carbons (Fsp3) is 0.538. The maximum absolute atomic E-state index is 5.96.